The SMILES string of the molecule is CCOc1cc(/C=N/NC(=O)c2cc3cc([N+](=O)[O-])ccc3o2)cc(Cl)c1OCc1ccccc1F. The zero-order valence-electron chi connectivity index (χ0n) is 18.9. The van der Waals surface area contributed by atoms with Crippen LogP contribution in [-0.4, -0.2) is 23.7 Å². The maximum Gasteiger partial charge on any atom is 0.307 e. The normalized spacial score (nSPS) is 11.1. The van der Waals surface area contributed by atoms with Gasteiger partial charge in [0.1, 0.15) is 18.0 Å². The summed E-state index contributed by atoms with van der Waals surface area (Å²) in [6.07, 6.45) is 1.35. The van der Waals surface area contributed by atoms with Crippen molar-refractivity contribution in [3.63, 3.8) is 0 Å². The van der Waals surface area contributed by atoms with E-state index in [0.717, 1.165) is 0 Å². The quantitative estimate of drug-likeness (QED) is 0.170. The Morgan fingerprint density at radius 1 is 1.19 bits per heavy atom. The van der Waals surface area contributed by atoms with E-state index in [4.69, 9.17) is 25.5 Å². The molecule has 0 saturated heterocycles. The summed E-state index contributed by atoms with van der Waals surface area (Å²) < 4.78 is 30.7. The fraction of sp³-hybridized carbons (Fsp3) is 0.120. The van der Waals surface area contributed by atoms with Crippen molar-refractivity contribution < 1.29 is 28.0 Å². The molecule has 184 valence electrons. The first-order chi connectivity index (χ1) is 17.4. The molecule has 0 radical (unpaired) electrons. The molecule has 1 N–H and O–H groups in total. The Morgan fingerprint density at radius 3 is 2.75 bits per heavy atom. The summed E-state index contributed by atoms with van der Waals surface area (Å²) in [5.41, 5.74) is 3.41. The average Bonchev–Trinajstić information content (AvgIpc) is 3.28. The Kier molecular flexibility index (Phi) is 7.45. The van der Waals surface area contributed by atoms with E-state index in [1.807, 2.05) is 0 Å². The molecular formula is C25H19ClFN3O6. The van der Waals surface area contributed by atoms with E-state index in [9.17, 15) is 19.3 Å². The number of hydrogen-bond acceptors (Lipinski definition) is 7. The number of halogens is 2. The molecule has 0 spiro atoms. The first-order valence-corrected chi connectivity index (χ1v) is 11.1. The first-order valence-electron chi connectivity index (χ1n) is 10.7. The van der Waals surface area contributed by atoms with Gasteiger partial charge in [-0.05, 0) is 42.8 Å². The van der Waals surface area contributed by atoms with Crippen molar-refractivity contribution in [2.24, 2.45) is 5.10 Å². The number of nitro benzene ring substituents is 1. The van der Waals surface area contributed by atoms with Crippen molar-refractivity contribution in [1.29, 1.82) is 0 Å². The lowest BCUT2D eigenvalue weighted by atomic mass is 10.2. The van der Waals surface area contributed by atoms with Crippen LogP contribution in [0.1, 0.15) is 28.6 Å². The van der Waals surface area contributed by atoms with Crippen molar-refractivity contribution in [3.8, 4) is 11.5 Å². The molecule has 0 aliphatic heterocycles. The van der Waals surface area contributed by atoms with E-state index in [2.05, 4.69) is 10.5 Å². The smallest absolute Gasteiger partial charge is 0.307 e. The van der Waals surface area contributed by atoms with Crippen molar-refractivity contribution in [2.75, 3.05) is 6.61 Å². The Morgan fingerprint density at radius 2 is 2.00 bits per heavy atom. The van der Waals surface area contributed by atoms with E-state index >= 15 is 0 Å². The number of nitrogens with zero attached hydrogens (tertiary/aromatic N) is 2. The van der Waals surface area contributed by atoms with Gasteiger partial charge in [-0.25, -0.2) is 9.82 Å². The number of ether oxygens (including phenoxy) is 2. The standard InChI is InChI=1S/C25H19ClFN3O6/c1-2-34-22-10-15(9-19(26)24(22)35-14-16-5-3-4-6-20(16)27)13-28-29-25(31)23-12-17-11-18(30(32)33)7-8-21(17)36-23/h3-13H,2,14H2,1H3,(H,29,31)/b28-13+. The Balaban J connectivity index is 1.47. The molecule has 1 amide bonds. The molecule has 1 heterocycles. The van der Waals surface area contributed by atoms with Crippen LogP contribution < -0.4 is 14.9 Å². The number of amides is 1. The van der Waals surface area contributed by atoms with Crippen LogP contribution in [0.5, 0.6) is 11.5 Å². The van der Waals surface area contributed by atoms with E-state index in [1.165, 1.54) is 36.5 Å². The summed E-state index contributed by atoms with van der Waals surface area (Å²) in [6.45, 7) is 2.07. The van der Waals surface area contributed by atoms with E-state index < -0.39 is 16.6 Å². The summed E-state index contributed by atoms with van der Waals surface area (Å²) in [7, 11) is 0. The maximum absolute atomic E-state index is 13.9. The number of non-ortho nitro benzene ring substituents is 1. The zero-order chi connectivity index (χ0) is 25.7. The molecule has 0 fully saturated rings. The maximum atomic E-state index is 13.9. The van der Waals surface area contributed by atoms with Crippen LogP contribution in [0.25, 0.3) is 11.0 Å². The lowest BCUT2D eigenvalue weighted by Crippen LogP contribution is -2.16. The van der Waals surface area contributed by atoms with Crippen molar-refractivity contribution in [2.45, 2.75) is 13.5 Å². The Labute approximate surface area is 209 Å². The van der Waals surface area contributed by atoms with Gasteiger partial charge in [0.15, 0.2) is 17.3 Å². The Hall–Kier alpha value is -4.44. The number of rotatable bonds is 9. The highest BCUT2D eigenvalue weighted by Gasteiger charge is 2.16. The fourth-order valence-corrected chi connectivity index (χ4v) is 3.58. The highest BCUT2D eigenvalue weighted by atomic mass is 35.5. The van der Waals surface area contributed by atoms with E-state index in [-0.39, 0.29) is 28.8 Å². The van der Waals surface area contributed by atoms with Gasteiger partial charge >= 0.3 is 5.91 Å². The summed E-state index contributed by atoms with van der Waals surface area (Å²) in [4.78, 5) is 22.8. The number of fused-ring (bicyclic) bond motifs is 1. The van der Waals surface area contributed by atoms with Gasteiger partial charge in [-0.1, -0.05) is 29.8 Å². The number of hydrazone groups is 1. The zero-order valence-corrected chi connectivity index (χ0v) is 19.6. The lowest BCUT2D eigenvalue weighted by Gasteiger charge is -2.14. The number of nitrogens with one attached hydrogen (secondary N) is 1. The number of carbonyl (C=O) groups excluding carboxylic acids is 1. The molecule has 0 saturated carbocycles. The van der Waals surface area contributed by atoms with Crippen molar-refractivity contribution in [3.05, 3.63) is 98.5 Å². The molecule has 0 bridgehead atoms. The summed E-state index contributed by atoms with van der Waals surface area (Å²) >= 11 is 6.38. The monoisotopic (exact) mass is 511 g/mol. The second kappa shape index (κ2) is 10.9. The number of benzene rings is 3. The lowest BCUT2D eigenvalue weighted by molar-refractivity contribution is -0.384. The predicted molar refractivity (Wildman–Crippen MR) is 131 cm³/mol. The molecule has 0 atom stereocenters. The second-order valence-corrected chi connectivity index (χ2v) is 7.84. The van der Waals surface area contributed by atoms with Gasteiger partial charge in [0.25, 0.3) is 5.69 Å². The molecular weight excluding hydrogens is 493 g/mol. The number of carbonyl (C=O) groups is 1. The molecule has 11 heteroatoms. The number of furan rings is 1. The molecule has 3 aromatic carbocycles. The third kappa shape index (κ3) is 5.61. The van der Waals surface area contributed by atoms with Gasteiger partial charge in [-0.2, -0.15) is 5.10 Å². The van der Waals surface area contributed by atoms with Gasteiger partial charge in [0.2, 0.25) is 0 Å². The molecule has 1 aromatic heterocycles. The van der Waals surface area contributed by atoms with Crippen LogP contribution in [0, 0.1) is 15.9 Å². The molecule has 9 nitrogen and oxygen atoms in total. The third-order valence-electron chi connectivity index (χ3n) is 4.98. The van der Waals surface area contributed by atoms with Crippen LogP contribution in [0.15, 0.2) is 70.2 Å². The van der Waals surface area contributed by atoms with Crippen LogP contribution in [0.4, 0.5) is 10.1 Å². The Bertz CT molecular complexity index is 1470. The van der Waals surface area contributed by atoms with E-state index in [0.29, 0.717) is 34.5 Å². The van der Waals surface area contributed by atoms with Gasteiger partial charge in [-0.3, -0.25) is 14.9 Å². The second-order valence-electron chi connectivity index (χ2n) is 7.43. The van der Waals surface area contributed by atoms with Crippen molar-refractivity contribution >= 4 is 40.4 Å². The van der Waals surface area contributed by atoms with Gasteiger partial charge in [-0.15, -0.1) is 0 Å². The molecule has 4 aromatic rings. The summed E-state index contributed by atoms with van der Waals surface area (Å²) in [5, 5.41) is 15.5. The van der Waals surface area contributed by atoms with Crippen LogP contribution in [0.3, 0.4) is 0 Å². The fourth-order valence-electron chi connectivity index (χ4n) is 3.31. The average molecular weight is 512 g/mol. The topological polar surface area (TPSA) is 116 Å². The molecule has 0 aliphatic carbocycles. The largest absolute Gasteiger partial charge is 0.490 e. The van der Waals surface area contributed by atoms with Crippen LogP contribution >= 0.6 is 11.6 Å². The van der Waals surface area contributed by atoms with Gasteiger partial charge in [0, 0.05) is 23.1 Å². The first kappa shape index (κ1) is 24.7. The predicted octanol–water partition coefficient (Wildman–Crippen LogP) is 5.88. The highest BCUT2D eigenvalue weighted by molar-refractivity contribution is 6.32. The van der Waals surface area contributed by atoms with Crippen molar-refractivity contribution in [1.82, 2.24) is 5.43 Å². The van der Waals surface area contributed by atoms with E-state index in [1.54, 1.807) is 37.3 Å². The minimum absolute atomic E-state index is 0.0450. The minimum atomic E-state index is -0.647. The third-order valence-corrected chi connectivity index (χ3v) is 5.26. The highest BCUT2D eigenvalue weighted by Crippen LogP contribution is 2.37. The number of hydrogen-bond donors (Lipinski definition) is 1. The molecule has 0 unspecified atom stereocenters. The molecule has 36 heavy (non-hydrogen) atoms. The molecule has 0 aliphatic rings. The van der Waals surface area contributed by atoms with Gasteiger partial charge < -0.3 is 13.9 Å². The minimum Gasteiger partial charge on any atom is -0.490 e. The molecule has 4 rings (SSSR count). The summed E-state index contributed by atoms with van der Waals surface area (Å²) in [5.74, 6) is -0.528. The van der Waals surface area contributed by atoms with Crippen LogP contribution in [0.2, 0.25) is 5.02 Å². The van der Waals surface area contributed by atoms with Gasteiger partial charge in [0.05, 0.1) is 22.8 Å². The summed E-state index contributed by atoms with van der Waals surface area (Å²) in [6, 6.07) is 14.8. The van der Waals surface area contributed by atoms with Crippen LogP contribution in [-0.2, 0) is 6.61 Å². The number of nitro groups is 1.